The lowest BCUT2D eigenvalue weighted by Gasteiger charge is -2.08. The Morgan fingerprint density at radius 1 is 0.946 bits per heavy atom. The molecule has 0 radical (unpaired) electrons. The fourth-order valence-electron chi connectivity index (χ4n) is 3.86. The molecule has 0 bridgehead atoms. The van der Waals surface area contributed by atoms with Crippen LogP contribution in [0, 0.1) is 11.8 Å². The summed E-state index contributed by atoms with van der Waals surface area (Å²) in [5.41, 5.74) is 3.20. The van der Waals surface area contributed by atoms with E-state index in [-0.39, 0.29) is 0 Å². The highest BCUT2D eigenvalue weighted by molar-refractivity contribution is 5.87. The molecule has 1 aromatic carbocycles. The maximum Gasteiger partial charge on any atom is 0.419 e. The van der Waals surface area contributed by atoms with E-state index in [0.29, 0.717) is 44.4 Å². The van der Waals surface area contributed by atoms with E-state index in [4.69, 9.17) is 19.2 Å². The number of rotatable bonds is 12. The van der Waals surface area contributed by atoms with Crippen LogP contribution in [0.1, 0.15) is 50.9 Å². The van der Waals surface area contributed by atoms with Gasteiger partial charge in [0.05, 0.1) is 37.5 Å². The lowest BCUT2D eigenvalue weighted by molar-refractivity contribution is 0.0441. The number of unbranched alkanes of at least 4 members (excludes halogenated alkanes) is 2. The minimum atomic E-state index is -0.418. The molecule has 0 unspecified atom stereocenters. The van der Waals surface area contributed by atoms with Crippen molar-refractivity contribution >= 4 is 28.2 Å². The highest BCUT2D eigenvalue weighted by atomic mass is 16.5. The topological polar surface area (TPSA) is 80.4 Å². The molecule has 0 amide bonds. The van der Waals surface area contributed by atoms with E-state index in [1.165, 1.54) is 4.57 Å². The molecule has 4 rings (SSSR count). The average molecular weight is 503 g/mol. The second-order valence-corrected chi connectivity index (χ2v) is 8.69. The number of benzene rings is 1. The second-order valence-electron chi connectivity index (χ2n) is 8.69. The first-order valence-electron chi connectivity index (χ1n) is 13.0. The second kappa shape index (κ2) is 13.6. The molecule has 3 aromatic heterocycles. The molecule has 0 saturated heterocycles. The van der Waals surface area contributed by atoms with Crippen molar-refractivity contribution in [3.8, 4) is 11.8 Å². The summed E-state index contributed by atoms with van der Waals surface area (Å²) in [5.74, 6) is 7.06. The summed E-state index contributed by atoms with van der Waals surface area (Å²) in [6.45, 7) is 7.73. The van der Waals surface area contributed by atoms with Gasteiger partial charge in [0, 0.05) is 36.5 Å². The van der Waals surface area contributed by atoms with Crippen molar-refractivity contribution in [2.24, 2.45) is 0 Å². The molecule has 194 valence electrons. The molecule has 0 atom stereocenters. The van der Waals surface area contributed by atoms with Crippen molar-refractivity contribution in [2.75, 3.05) is 33.0 Å². The van der Waals surface area contributed by atoms with Crippen LogP contribution in [0.4, 0.5) is 4.79 Å². The van der Waals surface area contributed by atoms with Gasteiger partial charge in [0.15, 0.2) is 5.82 Å². The lowest BCUT2D eigenvalue weighted by Crippen LogP contribution is -2.13. The lowest BCUT2D eigenvalue weighted by atomic mass is 10.2. The number of carbonyl (C=O) groups excluding carboxylic acids is 1. The molecule has 0 fully saturated rings. The summed E-state index contributed by atoms with van der Waals surface area (Å²) < 4.78 is 20.2. The van der Waals surface area contributed by atoms with Gasteiger partial charge in [-0.25, -0.2) is 19.3 Å². The maximum atomic E-state index is 12.3. The molecule has 0 N–H and O–H groups in total. The summed E-state index contributed by atoms with van der Waals surface area (Å²) in [5, 5.41) is 0.822. The highest BCUT2D eigenvalue weighted by Crippen LogP contribution is 2.17. The third-order valence-electron chi connectivity index (χ3n) is 5.89. The summed E-state index contributed by atoms with van der Waals surface area (Å²) in [6.07, 6.45) is 6.93. The molecule has 0 aliphatic rings. The van der Waals surface area contributed by atoms with Crippen molar-refractivity contribution in [2.45, 2.75) is 46.1 Å². The Hall–Kier alpha value is -3.67. The molecule has 0 aliphatic carbocycles. The fraction of sp³-hybridized carbons (Fsp3) is 0.414. The predicted molar refractivity (Wildman–Crippen MR) is 144 cm³/mol. The molecular formula is C29H34N4O4. The van der Waals surface area contributed by atoms with Gasteiger partial charge in [-0.05, 0) is 43.0 Å². The van der Waals surface area contributed by atoms with Gasteiger partial charge in [-0.15, -0.1) is 0 Å². The monoisotopic (exact) mass is 502 g/mol. The Labute approximate surface area is 217 Å². The molecule has 0 spiro atoms. The van der Waals surface area contributed by atoms with Crippen LogP contribution in [0.2, 0.25) is 0 Å². The van der Waals surface area contributed by atoms with E-state index in [1.807, 2.05) is 36.4 Å². The first kappa shape index (κ1) is 26.4. The van der Waals surface area contributed by atoms with Crippen LogP contribution in [0.15, 0.2) is 48.8 Å². The van der Waals surface area contributed by atoms with Crippen LogP contribution in [-0.2, 0) is 20.8 Å². The largest absolute Gasteiger partial charge is 0.449 e. The number of fused-ring (bicyclic) bond motifs is 2. The SMILES string of the molecule is CCCCOCCOCCn1c(C#Cc2cnc3c(ccn3C(=O)OCCCC)c2)nc2ccccc21. The zero-order valence-corrected chi connectivity index (χ0v) is 21.6. The first-order valence-corrected chi connectivity index (χ1v) is 13.0. The fourth-order valence-corrected chi connectivity index (χ4v) is 3.86. The van der Waals surface area contributed by atoms with Crippen LogP contribution in [0.3, 0.4) is 0 Å². The molecule has 37 heavy (non-hydrogen) atoms. The van der Waals surface area contributed by atoms with Crippen LogP contribution in [-0.4, -0.2) is 58.2 Å². The van der Waals surface area contributed by atoms with Crippen LogP contribution in [0.25, 0.3) is 22.1 Å². The number of ether oxygens (including phenoxy) is 3. The number of imidazole rings is 1. The van der Waals surface area contributed by atoms with Gasteiger partial charge in [0.2, 0.25) is 0 Å². The van der Waals surface area contributed by atoms with E-state index >= 15 is 0 Å². The Bertz CT molecular complexity index is 1380. The van der Waals surface area contributed by atoms with Crippen molar-refractivity contribution in [3.63, 3.8) is 0 Å². The Balaban J connectivity index is 1.45. The van der Waals surface area contributed by atoms with Gasteiger partial charge in [-0.1, -0.05) is 44.7 Å². The average Bonchev–Trinajstić information content (AvgIpc) is 3.50. The van der Waals surface area contributed by atoms with E-state index in [1.54, 1.807) is 12.4 Å². The Morgan fingerprint density at radius 2 is 1.73 bits per heavy atom. The number of aromatic nitrogens is 4. The number of pyridine rings is 1. The molecule has 8 heteroatoms. The van der Waals surface area contributed by atoms with Crippen LogP contribution in [0.5, 0.6) is 0 Å². The molecule has 0 saturated carbocycles. The van der Waals surface area contributed by atoms with E-state index in [9.17, 15) is 4.79 Å². The first-order chi connectivity index (χ1) is 18.2. The minimum Gasteiger partial charge on any atom is -0.449 e. The minimum absolute atomic E-state index is 0.400. The number of hydrogen-bond acceptors (Lipinski definition) is 6. The van der Waals surface area contributed by atoms with Crippen molar-refractivity contribution < 1.29 is 19.0 Å². The maximum absolute atomic E-state index is 12.3. The third kappa shape index (κ3) is 6.97. The van der Waals surface area contributed by atoms with Gasteiger partial charge < -0.3 is 18.8 Å². The number of para-hydroxylation sites is 2. The molecule has 8 nitrogen and oxygen atoms in total. The van der Waals surface area contributed by atoms with Gasteiger partial charge >= 0.3 is 6.09 Å². The van der Waals surface area contributed by atoms with E-state index in [0.717, 1.165) is 54.3 Å². The van der Waals surface area contributed by atoms with E-state index in [2.05, 4.69) is 35.2 Å². The van der Waals surface area contributed by atoms with Gasteiger partial charge in [0.1, 0.15) is 5.65 Å². The van der Waals surface area contributed by atoms with Crippen molar-refractivity contribution in [3.05, 3.63) is 60.2 Å². The smallest absolute Gasteiger partial charge is 0.419 e. The van der Waals surface area contributed by atoms with E-state index < -0.39 is 6.09 Å². The zero-order valence-electron chi connectivity index (χ0n) is 21.6. The Morgan fingerprint density at radius 3 is 2.57 bits per heavy atom. The van der Waals surface area contributed by atoms with Gasteiger partial charge in [-0.2, -0.15) is 0 Å². The number of nitrogens with zero attached hydrogens (tertiary/aromatic N) is 4. The predicted octanol–water partition coefficient (Wildman–Crippen LogP) is 5.40. The Kier molecular flexibility index (Phi) is 9.69. The summed E-state index contributed by atoms with van der Waals surface area (Å²) >= 11 is 0. The third-order valence-corrected chi connectivity index (χ3v) is 5.89. The van der Waals surface area contributed by atoms with Crippen LogP contribution >= 0.6 is 0 Å². The molecule has 3 heterocycles. The number of carbonyl (C=O) groups is 1. The highest BCUT2D eigenvalue weighted by Gasteiger charge is 2.12. The van der Waals surface area contributed by atoms with Crippen LogP contribution < -0.4 is 0 Å². The normalized spacial score (nSPS) is 11.1. The van der Waals surface area contributed by atoms with Gasteiger partial charge in [0.25, 0.3) is 0 Å². The number of hydrogen-bond donors (Lipinski definition) is 0. The van der Waals surface area contributed by atoms with Crippen molar-refractivity contribution in [1.29, 1.82) is 0 Å². The molecule has 4 aromatic rings. The standard InChI is InChI=1S/C29H34N4O4/c1-3-5-16-35-19-20-36-18-15-32-26-10-8-7-9-25(26)31-27(32)12-11-23-21-24-13-14-33(28(24)30-22-23)29(34)37-17-6-4-2/h7-10,13-14,21-22H,3-6,15-20H2,1-2H3. The summed E-state index contributed by atoms with van der Waals surface area (Å²) in [7, 11) is 0. The van der Waals surface area contributed by atoms with Crippen molar-refractivity contribution in [1.82, 2.24) is 19.1 Å². The molecule has 0 aliphatic heterocycles. The van der Waals surface area contributed by atoms with Gasteiger partial charge in [-0.3, -0.25) is 0 Å². The molecular weight excluding hydrogens is 468 g/mol. The summed E-state index contributed by atoms with van der Waals surface area (Å²) in [6, 6.07) is 11.7. The zero-order chi connectivity index (χ0) is 25.9. The summed E-state index contributed by atoms with van der Waals surface area (Å²) in [4.78, 5) is 21.5. The quantitative estimate of drug-likeness (QED) is 0.191.